The van der Waals surface area contributed by atoms with Gasteiger partial charge in [0.05, 0.1) is 0 Å². The molecule has 1 saturated carbocycles. The van der Waals surface area contributed by atoms with Crippen LogP contribution in [0.3, 0.4) is 0 Å². The fourth-order valence-corrected chi connectivity index (χ4v) is 2.51. The average molecular weight is 388 g/mol. The molecular formula is C16H25F5N2O3. The van der Waals surface area contributed by atoms with Gasteiger partial charge < -0.3 is 15.4 Å². The minimum Gasteiger partial charge on any atom is -0.444 e. The van der Waals surface area contributed by atoms with Crippen molar-refractivity contribution in [3.63, 3.8) is 0 Å². The predicted molar refractivity (Wildman–Crippen MR) is 83.8 cm³/mol. The third-order valence-corrected chi connectivity index (χ3v) is 3.79. The van der Waals surface area contributed by atoms with Gasteiger partial charge in [0, 0.05) is 25.3 Å². The van der Waals surface area contributed by atoms with E-state index in [0.29, 0.717) is 0 Å². The number of rotatable bonds is 5. The second kappa shape index (κ2) is 8.39. The number of alkyl halides is 5. The van der Waals surface area contributed by atoms with Crippen LogP contribution in [0.15, 0.2) is 0 Å². The summed E-state index contributed by atoms with van der Waals surface area (Å²) in [5.41, 5.74) is -0.885. The summed E-state index contributed by atoms with van der Waals surface area (Å²) in [7, 11) is 0. The Morgan fingerprint density at radius 3 is 2.15 bits per heavy atom. The Balaban J connectivity index is 2.67. The van der Waals surface area contributed by atoms with Gasteiger partial charge in [0.1, 0.15) is 11.6 Å². The molecule has 1 atom stereocenters. The summed E-state index contributed by atoms with van der Waals surface area (Å²) in [6.07, 6.45) is -8.21. The van der Waals surface area contributed by atoms with E-state index >= 15 is 0 Å². The van der Waals surface area contributed by atoms with Gasteiger partial charge in [-0.05, 0) is 40.0 Å². The Morgan fingerprint density at radius 1 is 1.15 bits per heavy atom. The lowest BCUT2D eigenvalue weighted by molar-refractivity contribution is -0.139. The lowest BCUT2D eigenvalue weighted by Gasteiger charge is -2.30. The zero-order chi connectivity index (χ0) is 20.2. The number of alkyl carbamates (subject to hydrolysis) is 1. The Morgan fingerprint density at radius 2 is 1.69 bits per heavy atom. The van der Waals surface area contributed by atoms with Crippen molar-refractivity contribution in [1.82, 2.24) is 10.6 Å². The van der Waals surface area contributed by atoms with Crippen molar-refractivity contribution in [2.45, 2.75) is 89.1 Å². The smallest absolute Gasteiger partial charge is 0.408 e. The number of amides is 2. The first-order chi connectivity index (χ1) is 11.7. The van der Waals surface area contributed by atoms with Crippen LogP contribution < -0.4 is 10.6 Å². The molecule has 0 bridgehead atoms. The van der Waals surface area contributed by atoms with Crippen LogP contribution in [0.4, 0.5) is 26.7 Å². The first kappa shape index (κ1) is 22.4. The van der Waals surface area contributed by atoms with Crippen molar-refractivity contribution in [2.75, 3.05) is 0 Å². The Bertz CT molecular complexity index is 493. The highest BCUT2D eigenvalue weighted by atomic mass is 19.4. The van der Waals surface area contributed by atoms with Gasteiger partial charge in [-0.3, -0.25) is 4.79 Å². The number of hydrogen-bond donors (Lipinski definition) is 2. The fraction of sp³-hybridized carbons (Fsp3) is 0.875. The number of halogens is 5. The van der Waals surface area contributed by atoms with Crippen LogP contribution in [-0.4, -0.2) is 41.8 Å². The molecule has 0 radical (unpaired) electrons. The van der Waals surface area contributed by atoms with Crippen molar-refractivity contribution in [1.29, 1.82) is 0 Å². The average Bonchev–Trinajstić information content (AvgIpc) is 2.42. The van der Waals surface area contributed by atoms with Gasteiger partial charge in [-0.25, -0.2) is 13.6 Å². The van der Waals surface area contributed by atoms with E-state index in [9.17, 15) is 31.5 Å². The van der Waals surface area contributed by atoms with E-state index in [1.165, 1.54) is 0 Å². The second-order valence-electron chi connectivity index (χ2n) is 7.49. The van der Waals surface area contributed by atoms with E-state index < -0.39 is 67.5 Å². The van der Waals surface area contributed by atoms with Gasteiger partial charge in [0.25, 0.3) is 0 Å². The molecule has 1 aliphatic rings. The molecule has 10 heteroatoms. The van der Waals surface area contributed by atoms with Crippen LogP contribution >= 0.6 is 0 Å². The van der Waals surface area contributed by atoms with E-state index in [4.69, 9.17) is 4.74 Å². The Kier molecular flexibility index (Phi) is 7.24. The molecule has 0 aliphatic heterocycles. The van der Waals surface area contributed by atoms with Gasteiger partial charge >= 0.3 is 12.3 Å². The van der Waals surface area contributed by atoms with E-state index in [-0.39, 0.29) is 12.8 Å². The molecule has 0 saturated heterocycles. The summed E-state index contributed by atoms with van der Waals surface area (Å²) in [4.78, 5) is 24.0. The van der Waals surface area contributed by atoms with Crippen molar-refractivity contribution >= 4 is 12.0 Å². The van der Waals surface area contributed by atoms with Crippen molar-refractivity contribution in [3.8, 4) is 0 Å². The van der Waals surface area contributed by atoms with Crippen LogP contribution in [0.25, 0.3) is 0 Å². The molecule has 0 aromatic carbocycles. The van der Waals surface area contributed by atoms with Crippen LogP contribution in [0.1, 0.15) is 59.3 Å². The van der Waals surface area contributed by atoms with Crippen molar-refractivity contribution in [2.24, 2.45) is 0 Å². The van der Waals surface area contributed by atoms with Crippen LogP contribution in [0.5, 0.6) is 0 Å². The zero-order valence-electron chi connectivity index (χ0n) is 15.0. The molecular weight excluding hydrogens is 363 g/mol. The van der Waals surface area contributed by atoms with Crippen LogP contribution in [-0.2, 0) is 9.53 Å². The largest absolute Gasteiger partial charge is 0.444 e. The van der Waals surface area contributed by atoms with Gasteiger partial charge in [-0.1, -0.05) is 0 Å². The standard InChI is InChI=1S/C16H25F5N2O3/c1-14(2,3)26-13(25)23-11(6-9-16(19,20)21)12(24)22-10-4-7-15(17,18)8-5-10/h10-11H,4-9H2,1-3H3,(H,22,24)(H,23,25). The molecule has 1 rings (SSSR count). The van der Waals surface area contributed by atoms with Gasteiger partial charge in [0.2, 0.25) is 11.8 Å². The molecule has 1 fully saturated rings. The quantitative estimate of drug-likeness (QED) is 0.702. The minimum absolute atomic E-state index is 0.0250. The lowest BCUT2D eigenvalue weighted by Crippen LogP contribution is -2.51. The Hall–Kier alpha value is -1.61. The molecule has 26 heavy (non-hydrogen) atoms. The van der Waals surface area contributed by atoms with Crippen LogP contribution in [0.2, 0.25) is 0 Å². The molecule has 0 spiro atoms. The summed E-state index contributed by atoms with van der Waals surface area (Å²) in [6, 6.07) is -2.02. The van der Waals surface area contributed by atoms with Gasteiger partial charge in [0.15, 0.2) is 0 Å². The third kappa shape index (κ3) is 9.19. The summed E-state index contributed by atoms with van der Waals surface area (Å²) < 4.78 is 68.7. The highest BCUT2D eigenvalue weighted by Gasteiger charge is 2.37. The summed E-state index contributed by atoms with van der Waals surface area (Å²) in [5, 5.41) is 4.58. The Labute approximate surface area is 149 Å². The van der Waals surface area contributed by atoms with E-state index in [1.807, 2.05) is 0 Å². The summed E-state index contributed by atoms with van der Waals surface area (Å²) in [6.45, 7) is 4.71. The zero-order valence-corrected chi connectivity index (χ0v) is 15.0. The first-order valence-corrected chi connectivity index (χ1v) is 8.41. The molecule has 0 heterocycles. The molecule has 152 valence electrons. The van der Waals surface area contributed by atoms with E-state index in [1.54, 1.807) is 20.8 Å². The second-order valence-corrected chi connectivity index (χ2v) is 7.49. The number of nitrogens with one attached hydrogen (secondary N) is 2. The van der Waals surface area contributed by atoms with E-state index in [2.05, 4.69) is 10.6 Å². The van der Waals surface area contributed by atoms with Gasteiger partial charge in [-0.15, -0.1) is 0 Å². The topological polar surface area (TPSA) is 67.4 Å². The SMILES string of the molecule is CC(C)(C)OC(=O)NC(CCC(F)(F)F)C(=O)NC1CCC(F)(F)CC1. The molecule has 0 aromatic heterocycles. The highest BCUT2D eigenvalue weighted by molar-refractivity contribution is 5.85. The molecule has 2 amide bonds. The van der Waals surface area contributed by atoms with Crippen molar-refractivity contribution in [3.05, 3.63) is 0 Å². The first-order valence-electron chi connectivity index (χ1n) is 8.41. The molecule has 1 aliphatic carbocycles. The molecule has 5 nitrogen and oxygen atoms in total. The predicted octanol–water partition coefficient (Wildman–Crippen LogP) is 3.92. The van der Waals surface area contributed by atoms with Crippen molar-refractivity contribution < 1.29 is 36.3 Å². The number of carbonyl (C=O) groups is 2. The lowest BCUT2D eigenvalue weighted by atomic mass is 9.92. The monoisotopic (exact) mass is 388 g/mol. The summed E-state index contributed by atoms with van der Waals surface area (Å²) >= 11 is 0. The summed E-state index contributed by atoms with van der Waals surface area (Å²) in [5.74, 6) is -3.62. The number of hydrogen-bond acceptors (Lipinski definition) is 3. The molecule has 2 N–H and O–H groups in total. The van der Waals surface area contributed by atoms with Crippen LogP contribution in [0, 0.1) is 0 Å². The maximum Gasteiger partial charge on any atom is 0.408 e. The van der Waals surface area contributed by atoms with Gasteiger partial charge in [-0.2, -0.15) is 13.2 Å². The maximum absolute atomic E-state index is 13.1. The normalized spacial score (nSPS) is 19.5. The number of carbonyl (C=O) groups excluding carboxylic acids is 2. The minimum atomic E-state index is -4.50. The fourth-order valence-electron chi connectivity index (χ4n) is 2.51. The third-order valence-electron chi connectivity index (χ3n) is 3.79. The molecule has 1 unspecified atom stereocenters. The number of ether oxygens (including phenoxy) is 1. The maximum atomic E-state index is 13.1. The molecule has 0 aromatic rings. The highest BCUT2D eigenvalue weighted by Crippen LogP contribution is 2.33. The van der Waals surface area contributed by atoms with E-state index in [0.717, 1.165) is 0 Å².